The Morgan fingerprint density at radius 2 is 1.69 bits per heavy atom. The summed E-state index contributed by atoms with van der Waals surface area (Å²) in [5.41, 5.74) is 3.03. The molecule has 0 spiro atoms. The lowest BCUT2D eigenvalue weighted by atomic mass is 9.92. The van der Waals surface area contributed by atoms with E-state index in [1.54, 1.807) is 11.0 Å². The van der Waals surface area contributed by atoms with Crippen molar-refractivity contribution >= 4 is 17.9 Å². The fraction of sp³-hybridized carbons (Fsp3) is 0.318. The van der Waals surface area contributed by atoms with E-state index in [4.69, 9.17) is 0 Å². The van der Waals surface area contributed by atoms with Crippen LogP contribution in [0, 0.1) is 5.82 Å². The lowest BCUT2D eigenvalue weighted by molar-refractivity contribution is -0.286. The number of fused-ring (bicyclic) bond motifs is 1. The molecule has 2 fully saturated rings. The fourth-order valence-corrected chi connectivity index (χ4v) is 4.87. The first-order valence-corrected chi connectivity index (χ1v) is 10.8. The van der Waals surface area contributed by atoms with E-state index in [9.17, 15) is 23.1 Å². The molecule has 1 amide bonds. The molecule has 3 aliphatic rings. The summed E-state index contributed by atoms with van der Waals surface area (Å²) in [7, 11) is 0. The summed E-state index contributed by atoms with van der Waals surface area (Å²) in [4.78, 5) is 15.2. The summed E-state index contributed by atoms with van der Waals surface area (Å²) in [5, 5.41) is 9.66. The second-order valence-corrected chi connectivity index (χ2v) is 9.02. The summed E-state index contributed by atoms with van der Waals surface area (Å²) in [6.07, 6.45) is -3.63. The molecule has 2 saturated heterocycles. The SMILES string of the molecule is O=C(C(CO)c1ccc(F)cc1)N1CC(=C2CN(Sc3ccc4c(c3)OC(F)(F)O4)C2)C1. The Morgan fingerprint density at radius 1 is 1.03 bits per heavy atom. The second kappa shape index (κ2) is 8.02. The Hall–Kier alpha value is -2.69. The highest BCUT2D eigenvalue weighted by atomic mass is 32.2. The fourth-order valence-electron chi connectivity index (χ4n) is 3.84. The molecule has 32 heavy (non-hydrogen) atoms. The summed E-state index contributed by atoms with van der Waals surface area (Å²) in [5.74, 6) is -1.22. The van der Waals surface area contributed by atoms with Crippen molar-refractivity contribution in [3.8, 4) is 11.5 Å². The van der Waals surface area contributed by atoms with Gasteiger partial charge in [-0.2, -0.15) is 0 Å². The number of carbonyl (C=O) groups is 1. The monoisotopic (exact) mass is 464 g/mol. The third-order valence-corrected chi connectivity index (χ3v) is 6.65. The van der Waals surface area contributed by atoms with Crippen molar-refractivity contribution in [2.24, 2.45) is 0 Å². The molecule has 10 heteroatoms. The van der Waals surface area contributed by atoms with E-state index < -0.39 is 12.2 Å². The number of benzene rings is 2. The van der Waals surface area contributed by atoms with Crippen LogP contribution in [-0.4, -0.2) is 59.3 Å². The number of aliphatic hydroxyl groups is 1. The van der Waals surface area contributed by atoms with Crippen molar-refractivity contribution in [2.45, 2.75) is 17.1 Å². The first-order valence-electron chi connectivity index (χ1n) is 9.99. The van der Waals surface area contributed by atoms with Gasteiger partial charge in [-0.05, 0) is 59.0 Å². The molecule has 3 aliphatic heterocycles. The maximum Gasteiger partial charge on any atom is 0.586 e. The number of halogens is 3. The van der Waals surface area contributed by atoms with Crippen molar-refractivity contribution < 1.29 is 32.5 Å². The third-order valence-electron chi connectivity index (χ3n) is 5.67. The number of rotatable bonds is 5. The quantitative estimate of drug-likeness (QED) is 0.541. The lowest BCUT2D eigenvalue weighted by Crippen LogP contribution is -2.50. The van der Waals surface area contributed by atoms with Gasteiger partial charge < -0.3 is 19.5 Å². The van der Waals surface area contributed by atoms with Gasteiger partial charge in [0.05, 0.1) is 12.5 Å². The Balaban J connectivity index is 1.14. The van der Waals surface area contributed by atoms with Gasteiger partial charge in [-0.1, -0.05) is 12.1 Å². The van der Waals surface area contributed by atoms with Gasteiger partial charge in [-0.25, -0.2) is 8.70 Å². The number of nitrogens with zero attached hydrogens (tertiary/aromatic N) is 2. The van der Waals surface area contributed by atoms with Crippen molar-refractivity contribution in [3.63, 3.8) is 0 Å². The average molecular weight is 464 g/mol. The molecule has 0 radical (unpaired) electrons. The Kier molecular flexibility index (Phi) is 5.31. The third kappa shape index (κ3) is 4.05. The first kappa shape index (κ1) is 21.2. The average Bonchev–Trinajstić information content (AvgIpc) is 2.99. The van der Waals surface area contributed by atoms with Gasteiger partial charge in [0.15, 0.2) is 11.5 Å². The van der Waals surface area contributed by atoms with Crippen LogP contribution in [0.15, 0.2) is 58.5 Å². The van der Waals surface area contributed by atoms with Crippen molar-refractivity contribution in [2.75, 3.05) is 32.8 Å². The van der Waals surface area contributed by atoms with Crippen LogP contribution < -0.4 is 9.47 Å². The van der Waals surface area contributed by atoms with Gasteiger partial charge in [-0.15, -0.1) is 8.78 Å². The molecule has 0 bridgehead atoms. The Bertz CT molecular complexity index is 1080. The van der Waals surface area contributed by atoms with E-state index in [1.807, 2.05) is 0 Å². The van der Waals surface area contributed by atoms with Gasteiger partial charge in [0.2, 0.25) is 5.91 Å². The van der Waals surface area contributed by atoms with E-state index >= 15 is 0 Å². The van der Waals surface area contributed by atoms with E-state index in [-0.39, 0.29) is 29.8 Å². The van der Waals surface area contributed by atoms with Crippen LogP contribution in [0.4, 0.5) is 13.2 Å². The van der Waals surface area contributed by atoms with Gasteiger partial charge in [0.1, 0.15) is 5.82 Å². The number of aliphatic hydroxyl groups excluding tert-OH is 1. The molecule has 5 rings (SSSR count). The highest BCUT2D eigenvalue weighted by molar-refractivity contribution is 7.97. The maximum absolute atomic E-state index is 13.1. The summed E-state index contributed by atoms with van der Waals surface area (Å²) in [6, 6.07) is 10.3. The smallest absolute Gasteiger partial charge is 0.395 e. The lowest BCUT2D eigenvalue weighted by Gasteiger charge is -2.42. The zero-order valence-corrected chi connectivity index (χ0v) is 17.6. The van der Waals surface area contributed by atoms with Crippen LogP contribution in [0.5, 0.6) is 11.5 Å². The largest absolute Gasteiger partial charge is 0.586 e. The number of ether oxygens (including phenoxy) is 2. The number of carbonyl (C=O) groups excluding carboxylic acids is 1. The van der Waals surface area contributed by atoms with Crippen molar-refractivity contribution in [1.82, 2.24) is 9.21 Å². The maximum atomic E-state index is 13.1. The molecule has 6 nitrogen and oxygen atoms in total. The van der Waals surface area contributed by atoms with Crippen LogP contribution in [0.25, 0.3) is 0 Å². The molecule has 2 aromatic carbocycles. The van der Waals surface area contributed by atoms with Gasteiger partial charge in [0, 0.05) is 31.1 Å². The standard InChI is InChI=1S/C22H19F3N2O4S/c23-16-3-1-13(2-4-16)18(12-28)21(29)26-8-14(9-26)15-10-27(11-15)32-17-5-6-19-20(7-17)31-22(24,25)30-19/h1-7,18,28H,8-12H2. The topological polar surface area (TPSA) is 62.2 Å². The minimum Gasteiger partial charge on any atom is -0.395 e. The first-order chi connectivity index (χ1) is 15.3. The van der Waals surface area contributed by atoms with Crippen LogP contribution in [0.1, 0.15) is 11.5 Å². The summed E-state index contributed by atoms with van der Waals surface area (Å²) >= 11 is 1.44. The molecule has 0 aromatic heterocycles. The normalized spacial score (nSPS) is 20.1. The number of hydrogen-bond donors (Lipinski definition) is 1. The van der Waals surface area contributed by atoms with Crippen molar-refractivity contribution in [1.29, 1.82) is 0 Å². The molecule has 1 atom stereocenters. The van der Waals surface area contributed by atoms with E-state index in [0.717, 1.165) is 4.90 Å². The number of alkyl halides is 2. The molecule has 2 aromatic rings. The number of likely N-dealkylation sites (tertiary alicyclic amines) is 1. The van der Waals surface area contributed by atoms with E-state index in [2.05, 4.69) is 13.8 Å². The minimum absolute atomic E-state index is 0.0202. The highest BCUT2D eigenvalue weighted by Crippen LogP contribution is 2.44. The Labute approximate surface area is 186 Å². The molecular weight excluding hydrogens is 445 g/mol. The molecule has 168 valence electrons. The van der Waals surface area contributed by atoms with Crippen LogP contribution in [0.2, 0.25) is 0 Å². The Morgan fingerprint density at radius 3 is 2.38 bits per heavy atom. The molecule has 0 saturated carbocycles. The number of hydrogen-bond acceptors (Lipinski definition) is 6. The van der Waals surface area contributed by atoms with Gasteiger partial charge in [-0.3, -0.25) is 4.79 Å². The zero-order chi connectivity index (χ0) is 22.5. The van der Waals surface area contributed by atoms with Gasteiger partial charge >= 0.3 is 6.29 Å². The van der Waals surface area contributed by atoms with E-state index in [1.165, 1.54) is 59.5 Å². The zero-order valence-electron chi connectivity index (χ0n) is 16.8. The van der Waals surface area contributed by atoms with E-state index in [0.29, 0.717) is 31.7 Å². The molecular formula is C22H19F3N2O4S. The summed E-state index contributed by atoms with van der Waals surface area (Å²) in [6.45, 7) is 2.13. The second-order valence-electron chi connectivity index (χ2n) is 7.85. The highest BCUT2D eigenvalue weighted by Gasteiger charge is 2.43. The van der Waals surface area contributed by atoms with Crippen LogP contribution in [-0.2, 0) is 4.79 Å². The predicted molar refractivity (Wildman–Crippen MR) is 110 cm³/mol. The molecule has 3 heterocycles. The molecule has 0 aliphatic carbocycles. The van der Waals surface area contributed by atoms with Crippen molar-refractivity contribution in [3.05, 3.63) is 65.0 Å². The van der Waals surface area contributed by atoms with Crippen LogP contribution >= 0.6 is 11.9 Å². The number of amides is 1. The van der Waals surface area contributed by atoms with Crippen LogP contribution in [0.3, 0.4) is 0 Å². The summed E-state index contributed by atoms with van der Waals surface area (Å²) < 4.78 is 50.4. The molecule has 1 unspecified atom stereocenters. The molecule has 1 N–H and O–H groups in total. The predicted octanol–water partition coefficient (Wildman–Crippen LogP) is 3.38. The minimum atomic E-state index is -3.63. The van der Waals surface area contributed by atoms with Gasteiger partial charge in [0.25, 0.3) is 0 Å².